The van der Waals surface area contributed by atoms with Crippen molar-refractivity contribution in [2.45, 2.75) is 25.4 Å². The van der Waals surface area contributed by atoms with E-state index in [9.17, 15) is 9.59 Å². The van der Waals surface area contributed by atoms with Crippen LogP contribution in [0, 0.1) is 0 Å². The maximum atomic E-state index is 12.8. The fraction of sp³-hybridized carbons (Fsp3) is 0.263. The summed E-state index contributed by atoms with van der Waals surface area (Å²) < 4.78 is 4.87. The van der Waals surface area contributed by atoms with Crippen molar-refractivity contribution in [3.63, 3.8) is 0 Å². The molecule has 1 amide bonds. The summed E-state index contributed by atoms with van der Waals surface area (Å²) in [7, 11) is 1.39. The Labute approximate surface area is 145 Å². The van der Waals surface area contributed by atoms with Crippen LogP contribution in [-0.2, 0) is 17.7 Å². The molecule has 0 saturated heterocycles. The average molecular weight is 342 g/mol. The zero-order chi connectivity index (χ0) is 16.8. The zero-order valence-electron chi connectivity index (χ0n) is 13.2. The van der Waals surface area contributed by atoms with Crippen LogP contribution in [-0.4, -0.2) is 23.9 Å². The van der Waals surface area contributed by atoms with Gasteiger partial charge in [0.1, 0.15) is 0 Å². The lowest BCUT2D eigenvalue weighted by atomic mass is 10.0. The molecule has 1 atom stereocenters. The Bertz CT molecular complexity index is 862. The molecule has 5 heteroatoms. The summed E-state index contributed by atoms with van der Waals surface area (Å²) in [5, 5.41) is 0.501. The lowest BCUT2D eigenvalue weighted by Crippen LogP contribution is -2.28. The van der Waals surface area contributed by atoms with Crippen LogP contribution in [0.15, 0.2) is 36.4 Å². The third-order valence-electron chi connectivity index (χ3n) is 4.94. The van der Waals surface area contributed by atoms with E-state index >= 15 is 0 Å². The molecule has 1 heterocycles. The Morgan fingerprint density at radius 3 is 2.79 bits per heavy atom. The second-order valence-electron chi connectivity index (χ2n) is 6.13. The molecule has 0 spiro atoms. The van der Waals surface area contributed by atoms with Gasteiger partial charge in [-0.15, -0.1) is 0 Å². The molecule has 122 valence electrons. The molecule has 4 nitrogen and oxygen atoms in total. The minimum Gasteiger partial charge on any atom is -0.465 e. The van der Waals surface area contributed by atoms with E-state index in [1.54, 1.807) is 12.1 Å². The Hall–Kier alpha value is -2.33. The summed E-state index contributed by atoms with van der Waals surface area (Å²) in [6.07, 6.45) is 1.57. The number of halogens is 1. The van der Waals surface area contributed by atoms with Gasteiger partial charge in [0, 0.05) is 6.54 Å². The summed E-state index contributed by atoms with van der Waals surface area (Å²) in [6.45, 7) is 0.557. The van der Waals surface area contributed by atoms with Crippen molar-refractivity contribution < 1.29 is 14.3 Å². The van der Waals surface area contributed by atoms with Crippen LogP contribution in [0.3, 0.4) is 0 Å². The number of nitrogens with zero attached hydrogens (tertiary/aromatic N) is 1. The van der Waals surface area contributed by atoms with Crippen molar-refractivity contribution in [3.05, 3.63) is 69.2 Å². The van der Waals surface area contributed by atoms with E-state index in [4.69, 9.17) is 16.3 Å². The van der Waals surface area contributed by atoms with Crippen LogP contribution in [0.4, 0.5) is 0 Å². The van der Waals surface area contributed by atoms with E-state index in [1.165, 1.54) is 7.11 Å². The first kappa shape index (κ1) is 15.2. The molecule has 24 heavy (non-hydrogen) atoms. The van der Waals surface area contributed by atoms with Crippen molar-refractivity contribution in [2.75, 3.05) is 7.11 Å². The van der Waals surface area contributed by atoms with E-state index < -0.39 is 0 Å². The average Bonchev–Trinajstić information content (AvgIpc) is 3.16. The normalized spacial score (nSPS) is 18.5. The van der Waals surface area contributed by atoms with Gasteiger partial charge in [-0.2, -0.15) is 0 Å². The first-order valence-corrected chi connectivity index (χ1v) is 8.28. The van der Waals surface area contributed by atoms with Crippen molar-refractivity contribution >= 4 is 23.5 Å². The van der Waals surface area contributed by atoms with Crippen LogP contribution in [0.1, 0.15) is 49.9 Å². The third kappa shape index (κ3) is 2.13. The van der Waals surface area contributed by atoms with Crippen molar-refractivity contribution in [1.82, 2.24) is 4.90 Å². The predicted molar refractivity (Wildman–Crippen MR) is 90.2 cm³/mol. The van der Waals surface area contributed by atoms with E-state index in [1.807, 2.05) is 29.2 Å². The third-order valence-corrected chi connectivity index (χ3v) is 5.25. The maximum Gasteiger partial charge on any atom is 0.338 e. The van der Waals surface area contributed by atoms with Crippen molar-refractivity contribution in [3.8, 4) is 0 Å². The van der Waals surface area contributed by atoms with Gasteiger partial charge in [-0.3, -0.25) is 4.79 Å². The summed E-state index contributed by atoms with van der Waals surface area (Å²) in [5.74, 6) is -0.358. The molecular weight excluding hydrogens is 326 g/mol. The summed E-state index contributed by atoms with van der Waals surface area (Å²) in [5.41, 5.74) is 4.20. The lowest BCUT2D eigenvalue weighted by molar-refractivity contribution is 0.0599. The molecule has 2 aromatic carbocycles. The minimum atomic E-state index is -0.327. The smallest absolute Gasteiger partial charge is 0.338 e. The van der Waals surface area contributed by atoms with E-state index in [-0.39, 0.29) is 17.9 Å². The van der Waals surface area contributed by atoms with Gasteiger partial charge in [0.2, 0.25) is 0 Å². The molecule has 1 aliphatic carbocycles. The molecule has 0 fully saturated rings. The highest BCUT2D eigenvalue weighted by molar-refractivity contribution is 6.34. The summed E-state index contributed by atoms with van der Waals surface area (Å²) in [4.78, 5) is 26.7. The predicted octanol–water partition coefficient (Wildman–Crippen LogP) is 3.77. The molecule has 4 rings (SSSR count). The van der Waals surface area contributed by atoms with Gasteiger partial charge in [-0.05, 0) is 41.7 Å². The van der Waals surface area contributed by atoms with Crippen LogP contribution >= 0.6 is 11.6 Å². The molecule has 2 aromatic rings. The number of carbonyl (C=O) groups excluding carboxylic acids is 2. The Morgan fingerprint density at radius 2 is 2.04 bits per heavy atom. The molecule has 0 bridgehead atoms. The van der Waals surface area contributed by atoms with Gasteiger partial charge >= 0.3 is 5.97 Å². The van der Waals surface area contributed by atoms with E-state index in [0.29, 0.717) is 22.7 Å². The van der Waals surface area contributed by atoms with Crippen LogP contribution < -0.4 is 0 Å². The molecule has 0 radical (unpaired) electrons. The number of hydrogen-bond acceptors (Lipinski definition) is 3. The van der Waals surface area contributed by atoms with Crippen LogP contribution in [0.2, 0.25) is 5.02 Å². The van der Waals surface area contributed by atoms with Crippen molar-refractivity contribution in [2.24, 2.45) is 0 Å². The van der Waals surface area contributed by atoms with E-state index in [0.717, 1.165) is 29.5 Å². The molecule has 1 aliphatic heterocycles. The first-order valence-electron chi connectivity index (χ1n) is 7.90. The fourth-order valence-corrected chi connectivity index (χ4v) is 4.12. The van der Waals surface area contributed by atoms with Crippen molar-refractivity contribution in [1.29, 1.82) is 0 Å². The minimum absolute atomic E-state index is 0.0272. The molecule has 0 N–H and O–H groups in total. The number of ether oxygens (including phenoxy) is 1. The Balaban J connectivity index is 1.72. The number of rotatable bonds is 2. The van der Waals surface area contributed by atoms with Gasteiger partial charge in [0.25, 0.3) is 5.91 Å². The lowest BCUT2D eigenvalue weighted by Gasteiger charge is -2.25. The molecule has 0 aromatic heterocycles. The van der Waals surface area contributed by atoms with Gasteiger partial charge in [0.15, 0.2) is 0 Å². The monoisotopic (exact) mass is 341 g/mol. The number of hydrogen-bond donors (Lipinski definition) is 0. The number of amides is 1. The first-order chi connectivity index (χ1) is 11.6. The highest BCUT2D eigenvalue weighted by Gasteiger charge is 2.38. The second-order valence-corrected chi connectivity index (χ2v) is 6.53. The number of methoxy groups -OCH3 is 1. The van der Waals surface area contributed by atoms with Gasteiger partial charge in [0.05, 0.1) is 29.3 Å². The highest BCUT2D eigenvalue weighted by atomic mass is 35.5. The molecular formula is C19H16ClNO3. The van der Waals surface area contributed by atoms with E-state index in [2.05, 4.69) is 0 Å². The number of carbonyl (C=O) groups is 2. The fourth-order valence-electron chi connectivity index (χ4n) is 3.85. The molecule has 0 saturated carbocycles. The van der Waals surface area contributed by atoms with Crippen LogP contribution in [0.5, 0.6) is 0 Å². The summed E-state index contributed by atoms with van der Waals surface area (Å²) >= 11 is 6.21. The number of fused-ring (bicyclic) bond motifs is 2. The number of esters is 1. The van der Waals surface area contributed by atoms with Crippen LogP contribution in [0.25, 0.3) is 0 Å². The molecule has 2 aliphatic rings. The van der Waals surface area contributed by atoms with Gasteiger partial charge in [-0.1, -0.05) is 35.9 Å². The maximum absolute atomic E-state index is 12.8. The molecule has 0 unspecified atom stereocenters. The topological polar surface area (TPSA) is 46.6 Å². The Kier molecular flexibility index (Phi) is 3.57. The standard InChI is InChI=1S/C19H16ClNO3/c1-24-19(23)14-6-3-5-13-12(14)8-9-16(13)21-10-11-4-2-7-15(20)17(11)18(21)22/h2-7,16H,8-10H2,1H3/t16-/m1/s1. The van der Waals surface area contributed by atoms with Gasteiger partial charge < -0.3 is 9.64 Å². The largest absolute Gasteiger partial charge is 0.465 e. The summed E-state index contributed by atoms with van der Waals surface area (Å²) in [6, 6.07) is 11.2. The van der Waals surface area contributed by atoms with Gasteiger partial charge in [-0.25, -0.2) is 4.79 Å². The second kappa shape index (κ2) is 5.64. The highest BCUT2D eigenvalue weighted by Crippen LogP contribution is 2.42. The zero-order valence-corrected chi connectivity index (χ0v) is 14.0. The SMILES string of the molecule is COC(=O)c1cccc2c1CC[C@H]2N1Cc2cccc(Cl)c2C1=O. The number of benzene rings is 2. The quantitative estimate of drug-likeness (QED) is 0.781. The Morgan fingerprint density at radius 1 is 1.25 bits per heavy atom.